The first-order valence-corrected chi connectivity index (χ1v) is 6.25. The molecule has 1 heteroatoms. The molecule has 1 aromatic carbocycles. The van der Waals surface area contributed by atoms with Crippen LogP contribution in [-0.4, -0.2) is 0 Å². The molecule has 1 aromatic heterocycles. The van der Waals surface area contributed by atoms with Crippen LogP contribution in [0.15, 0.2) is 24.3 Å². The summed E-state index contributed by atoms with van der Waals surface area (Å²) in [5.41, 5.74) is 1.83. The molecule has 0 saturated heterocycles. The van der Waals surface area contributed by atoms with Crippen LogP contribution in [0.5, 0.6) is 0 Å². The van der Waals surface area contributed by atoms with Crippen LogP contribution in [-0.2, 0) is 6.42 Å². The summed E-state index contributed by atoms with van der Waals surface area (Å²) in [4.78, 5) is 1.40. The molecule has 0 aliphatic rings. The van der Waals surface area contributed by atoms with Crippen molar-refractivity contribution < 1.29 is 0 Å². The molecule has 80 valence electrons. The summed E-state index contributed by atoms with van der Waals surface area (Å²) in [7, 11) is 0. The first-order valence-electron chi connectivity index (χ1n) is 5.43. The molecule has 0 radical (unpaired) electrons. The standard InChI is InChI=1S/C14H18S/c1-10-7-12-8-11(9-14(2,3)4)5-6-13(12)15-10/h5-8H,9H2,1-4H3. The molecule has 0 bridgehead atoms. The molecule has 0 unspecified atom stereocenters. The molecule has 0 atom stereocenters. The summed E-state index contributed by atoms with van der Waals surface area (Å²) < 4.78 is 1.41. The van der Waals surface area contributed by atoms with E-state index in [2.05, 4.69) is 52.0 Å². The van der Waals surface area contributed by atoms with E-state index < -0.39 is 0 Å². The number of benzene rings is 1. The predicted molar refractivity (Wildman–Crippen MR) is 69.7 cm³/mol. The summed E-state index contributed by atoms with van der Waals surface area (Å²) >= 11 is 1.88. The van der Waals surface area contributed by atoms with Crippen molar-refractivity contribution in [3.05, 3.63) is 34.7 Å². The summed E-state index contributed by atoms with van der Waals surface area (Å²) in [5.74, 6) is 0. The van der Waals surface area contributed by atoms with Crippen molar-refractivity contribution in [3.63, 3.8) is 0 Å². The van der Waals surface area contributed by atoms with E-state index in [9.17, 15) is 0 Å². The van der Waals surface area contributed by atoms with Crippen molar-refractivity contribution in [2.75, 3.05) is 0 Å². The number of aryl methyl sites for hydroxylation is 1. The van der Waals surface area contributed by atoms with Crippen molar-refractivity contribution >= 4 is 21.4 Å². The molecule has 0 aliphatic carbocycles. The van der Waals surface area contributed by atoms with Gasteiger partial charge in [-0.25, -0.2) is 0 Å². The van der Waals surface area contributed by atoms with Crippen LogP contribution in [0.25, 0.3) is 10.1 Å². The van der Waals surface area contributed by atoms with E-state index in [0.29, 0.717) is 5.41 Å². The van der Waals surface area contributed by atoms with Crippen LogP contribution < -0.4 is 0 Å². The number of rotatable bonds is 1. The highest BCUT2D eigenvalue weighted by Gasteiger charge is 2.11. The minimum atomic E-state index is 0.374. The van der Waals surface area contributed by atoms with Crippen LogP contribution in [0, 0.1) is 12.3 Å². The second-order valence-electron chi connectivity index (χ2n) is 5.47. The average molecular weight is 218 g/mol. The SMILES string of the molecule is Cc1cc2cc(CC(C)(C)C)ccc2s1. The van der Waals surface area contributed by atoms with Crippen LogP contribution in [0.3, 0.4) is 0 Å². The van der Waals surface area contributed by atoms with Crippen molar-refractivity contribution in [1.29, 1.82) is 0 Å². The minimum absolute atomic E-state index is 0.374. The monoisotopic (exact) mass is 218 g/mol. The Bertz CT molecular complexity index is 472. The molecule has 0 aliphatic heterocycles. The smallest absolute Gasteiger partial charge is 0.0345 e. The number of hydrogen-bond donors (Lipinski definition) is 0. The van der Waals surface area contributed by atoms with Crippen molar-refractivity contribution in [1.82, 2.24) is 0 Å². The number of fused-ring (bicyclic) bond motifs is 1. The molecule has 0 nitrogen and oxygen atoms in total. The molecule has 2 rings (SSSR count). The molecule has 0 fully saturated rings. The van der Waals surface area contributed by atoms with Gasteiger partial charge in [-0.05, 0) is 41.8 Å². The van der Waals surface area contributed by atoms with Crippen LogP contribution in [0.2, 0.25) is 0 Å². The minimum Gasteiger partial charge on any atom is -0.141 e. The molecule has 0 N–H and O–H groups in total. The van der Waals surface area contributed by atoms with Gasteiger partial charge in [0.1, 0.15) is 0 Å². The lowest BCUT2D eigenvalue weighted by Crippen LogP contribution is -2.08. The normalized spacial score (nSPS) is 12.3. The largest absolute Gasteiger partial charge is 0.141 e. The maximum Gasteiger partial charge on any atom is 0.0345 e. The highest BCUT2D eigenvalue weighted by atomic mass is 32.1. The van der Waals surface area contributed by atoms with Gasteiger partial charge in [-0.2, -0.15) is 0 Å². The van der Waals surface area contributed by atoms with Crippen LogP contribution in [0.1, 0.15) is 31.2 Å². The third-order valence-corrected chi connectivity index (χ3v) is 3.47. The van der Waals surface area contributed by atoms with Gasteiger partial charge in [0, 0.05) is 9.58 Å². The Morgan fingerprint density at radius 2 is 1.87 bits per heavy atom. The Morgan fingerprint density at radius 3 is 2.53 bits per heavy atom. The topological polar surface area (TPSA) is 0 Å². The van der Waals surface area contributed by atoms with Gasteiger partial charge < -0.3 is 0 Å². The van der Waals surface area contributed by atoms with E-state index in [0.717, 1.165) is 6.42 Å². The summed E-state index contributed by atoms with van der Waals surface area (Å²) in [6.07, 6.45) is 1.15. The third-order valence-electron chi connectivity index (χ3n) is 2.44. The first kappa shape index (κ1) is 10.7. The van der Waals surface area contributed by atoms with Gasteiger partial charge in [0.25, 0.3) is 0 Å². The Morgan fingerprint density at radius 1 is 1.13 bits per heavy atom. The lowest BCUT2D eigenvalue weighted by atomic mass is 9.88. The molecular weight excluding hydrogens is 200 g/mol. The Labute approximate surface area is 95.9 Å². The first-order chi connectivity index (χ1) is 6.94. The predicted octanol–water partition coefficient (Wildman–Crippen LogP) is 4.80. The Kier molecular flexibility index (Phi) is 2.59. The van der Waals surface area contributed by atoms with Gasteiger partial charge in [0.2, 0.25) is 0 Å². The van der Waals surface area contributed by atoms with Crippen LogP contribution in [0.4, 0.5) is 0 Å². The zero-order valence-corrected chi connectivity index (χ0v) is 10.7. The average Bonchev–Trinajstić information content (AvgIpc) is 2.40. The summed E-state index contributed by atoms with van der Waals surface area (Å²) in [5, 5.41) is 1.40. The molecular formula is C14H18S. The van der Waals surface area contributed by atoms with E-state index in [4.69, 9.17) is 0 Å². The second-order valence-corrected chi connectivity index (χ2v) is 6.75. The molecule has 2 aromatic rings. The fourth-order valence-corrected chi connectivity index (χ4v) is 2.85. The molecule has 0 amide bonds. The quantitative estimate of drug-likeness (QED) is 0.645. The molecule has 0 spiro atoms. The third kappa shape index (κ3) is 2.60. The van der Waals surface area contributed by atoms with Gasteiger partial charge in [-0.15, -0.1) is 11.3 Å². The highest BCUT2D eigenvalue weighted by Crippen LogP contribution is 2.28. The van der Waals surface area contributed by atoms with E-state index in [-0.39, 0.29) is 0 Å². The van der Waals surface area contributed by atoms with Gasteiger partial charge in [0.05, 0.1) is 0 Å². The van der Waals surface area contributed by atoms with E-state index >= 15 is 0 Å². The zero-order chi connectivity index (χ0) is 11.1. The molecule has 0 saturated carbocycles. The van der Waals surface area contributed by atoms with Gasteiger partial charge >= 0.3 is 0 Å². The Balaban J connectivity index is 2.38. The van der Waals surface area contributed by atoms with Crippen molar-refractivity contribution in [2.24, 2.45) is 5.41 Å². The lowest BCUT2D eigenvalue weighted by molar-refractivity contribution is 0.411. The number of hydrogen-bond acceptors (Lipinski definition) is 1. The fourth-order valence-electron chi connectivity index (χ4n) is 1.95. The van der Waals surface area contributed by atoms with Gasteiger partial charge in [-0.1, -0.05) is 32.9 Å². The molecule has 15 heavy (non-hydrogen) atoms. The fraction of sp³-hybridized carbons (Fsp3) is 0.429. The zero-order valence-electron chi connectivity index (χ0n) is 9.92. The van der Waals surface area contributed by atoms with Gasteiger partial charge in [-0.3, -0.25) is 0 Å². The summed E-state index contributed by atoms with van der Waals surface area (Å²) in [6, 6.07) is 9.15. The maximum absolute atomic E-state index is 2.34. The second kappa shape index (κ2) is 3.64. The van der Waals surface area contributed by atoms with E-state index in [1.165, 1.54) is 20.5 Å². The van der Waals surface area contributed by atoms with E-state index in [1.807, 2.05) is 11.3 Å². The maximum atomic E-state index is 2.34. The van der Waals surface area contributed by atoms with Crippen LogP contribution >= 0.6 is 11.3 Å². The molecule has 1 heterocycles. The highest BCUT2D eigenvalue weighted by molar-refractivity contribution is 7.19. The lowest BCUT2D eigenvalue weighted by Gasteiger charge is -2.17. The summed E-state index contributed by atoms with van der Waals surface area (Å²) in [6.45, 7) is 9.04. The van der Waals surface area contributed by atoms with Crippen molar-refractivity contribution in [2.45, 2.75) is 34.1 Å². The Hall–Kier alpha value is -0.820. The number of thiophene rings is 1. The van der Waals surface area contributed by atoms with Gasteiger partial charge in [0.15, 0.2) is 0 Å². The van der Waals surface area contributed by atoms with E-state index in [1.54, 1.807) is 0 Å². The van der Waals surface area contributed by atoms with Crippen molar-refractivity contribution in [3.8, 4) is 0 Å².